The van der Waals surface area contributed by atoms with E-state index >= 15 is 0 Å². The third-order valence-electron chi connectivity index (χ3n) is 4.45. The van der Waals surface area contributed by atoms with E-state index in [4.69, 9.17) is 11.6 Å². The Hall–Kier alpha value is -1.91. The molecule has 2 atom stereocenters. The molecule has 2 aromatic carbocycles. The fourth-order valence-corrected chi connectivity index (χ4v) is 3.28. The van der Waals surface area contributed by atoms with Crippen LogP contribution in [0.15, 0.2) is 42.5 Å². The molecule has 1 heterocycles. The molecule has 0 aliphatic carbocycles. The van der Waals surface area contributed by atoms with Gasteiger partial charge < -0.3 is 10.6 Å². The molecule has 126 valence electrons. The zero-order valence-corrected chi connectivity index (χ0v) is 14.2. The highest BCUT2D eigenvalue weighted by Crippen LogP contribution is 2.29. The Bertz CT molecular complexity index is 744. The van der Waals surface area contributed by atoms with Crippen LogP contribution < -0.4 is 10.6 Å². The molecule has 0 spiro atoms. The van der Waals surface area contributed by atoms with E-state index in [-0.39, 0.29) is 17.6 Å². The largest absolute Gasteiger partial charge is 0.345 e. The fourth-order valence-electron chi connectivity index (χ4n) is 3.04. The summed E-state index contributed by atoms with van der Waals surface area (Å²) in [5.41, 5.74) is 2.17. The van der Waals surface area contributed by atoms with E-state index in [9.17, 15) is 9.18 Å². The second kappa shape index (κ2) is 7.32. The first-order valence-corrected chi connectivity index (χ1v) is 8.45. The standard InChI is InChI=1S/C19H20ClFN2O/c1-12-10-13(6-7-17(12)21)18(15-4-2-3-5-16(15)20)23-19(24)14-8-9-22-11-14/h2-7,10,14,18,22H,8-9,11H2,1H3,(H,23,24). The molecule has 2 N–H and O–H groups in total. The van der Waals surface area contributed by atoms with Crippen LogP contribution in [0.2, 0.25) is 5.02 Å². The molecule has 24 heavy (non-hydrogen) atoms. The van der Waals surface area contributed by atoms with Gasteiger partial charge in [0.15, 0.2) is 0 Å². The van der Waals surface area contributed by atoms with Crippen LogP contribution in [0.4, 0.5) is 4.39 Å². The van der Waals surface area contributed by atoms with Gasteiger partial charge in [-0.25, -0.2) is 4.39 Å². The van der Waals surface area contributed by atoms with Crippen molar-refractivity contribution in [3.8, 4) is 0 Å². The maximum atomic E-state index is 13.6. The minimum absolute atomic E-state index is 0.00750. The number of aryl methyl sites for hydroxylation is 1. The summed E-state index contributed by atoms with van der Waals surface area (Å²) in [6.07, 6.45) is 0.823. The highest BCUT2D eigenvalue weighted by molar-refractivity contribution is 6.31. The predicted molar refractivity (Wildman–Crippen MR) is 93.6 cm³/mol. The van der Waals surface area contributed by atoms with E-state index in [0.717, 1.165) is 24.1 Å². The number of hydrogen-bond acceptors (Lipinski definition) is 2. The molecule has 2 unspecified atom stereocenters. The van der Waals surface area contributed by atoms with Crippen molar-refractivity contribution in [1.82, 2.24) is 10.6 Å². The first-order valence-electron chi connectivity index (χ1n) is 8.08. The van der Waals surface area contributed by atoms with Crippen LogP contribution in [0.1, 0.15) is 29.2 Å². The number of halogens is 2. The van der Waals surface area contributed by atoms with Crippen molar-refractivity contribution in [3.63, 3.8) is 0 Å². The molecule has 1 amide bonds. The Morgan fingerprint density at radius 2 is 2.12 bits per heavy atom. The van der Waals surface area contributed by atoms with Crippen molar-refractivity contribution in [2.75, 3.05) is 13.1 Å². The highest BCUT2D eigenvalue weighted by atomic mass is 35.5. The monoisotopic (exact) mass is 346 g/mol. The summed E-state index contributed by atoms with van der Waals surface area (Å²) < 4.78 is 13.6. The first kappa shape index (κ1) is 16.9. The Morgan fingerprint density at radius 3 is 2.79 bits per heavy atom. The summed E-state index contributed by atoms with van der Waals surface area (Å²) in [6, 6.07) is 11.9. The van der Waals surface area contributed by atoms with E-state index in [0.29, 0.717) is 17.1 Å². The molecule has 2 aromatic rings. The second-order valence-corrected chi connectivity index (χ2v) is 6.57. The van der Waals surface area contributed by atoms with Crippen LogP contribution in [-0.2, 0) is 4.79 Å². The van der Waals surface area contributed by atoms with Gasteiger partial charge in [0.1, 0.15) is 5.82 Å². The molecule has 3 nitrogen and oxygen atoms in total. The lowest BCUT2D eigenvalue weighted by molar-refractivity contribution is -0.124. The van der Waals surface area contributed by atoms with Gasteiger partial charge in [-0.1, -0.05) is 41.9 Å². The highest BCUT2D eigenvalue weighted by Gasteiger charge is 2.26. The summed E-state index contributed by atoms with van der Waals surface area (Å²) in [5, 5.41) is 6.87. The Balaban J connectivity index is 1.95. The minimum atomic E-state index is -0.397. The van der Waals surface area contributed by atoms with Gasteiger partial charge in [0.05, 0.1) is 12.0 Å². The fraction of sp³-hybridized carbons (Fsp3) is 0.316. The number of nitrogens with one attached hydrogen (secondary N) is 2. The molecule has 0 radical (unpaired) electrons. The third kappa shape index (κ3) is 3.60. The summed E-state index contributed by atoms with van der Waals surface area (Å²) in [6.45, 7) is 3.25. The lowest BCUT2D eigenvalue weighted by Crippen LogP contribution is -2.35. The Kier molecular flexibility index (Phi) is 5.17. The van der Waals surface area contributed by atoms with Crippen molar-refractivity contribution >= 4 is 17.5 Å². The Labute approximate surface area is 146 Å². The number of carbonyl (C=O) groups is 1. The van der Waals surface area contributed by atoms with Gasteiger partial charge in [-0.2, -0.15) is 0 Å². The van der Waals surface area contributed by atoms with Crippen LogP contribution in [0, 0.1) is 18.7 Å². The van der Waals surface area contributed by atoms with Gasteiger partial charge in [0.25, 0.3) is 0 Å². The molecule has 0 aromatic heterocycles. The van der Waals surface area contributed by atoms with Crippen LogP contribution in [0.3, 0.4) is 0 Å². The van der Waals surface area contributed by atoms with Gasteiger partial charge in [0.2, 0.25) is 5.91 Å². The van der Waals surface area contributed by atoms with Crippen molar-refractivity contribution in [2.45, 2.75) is 19.4 Å². The third-order valence-corrected chi connectivity index (χ3v) is 4.79. The van der Waals surface area contributed by atoms with Crippen LogP contribution in [0.5, 0.6) is 0 Å². The maximum Gasteiger partial charge on any atom is 0.225 e. The minimum Gasteiger partial charge on any atom is -0.345 e. The van der Waals surface area contributed by atoms with E-state index in [1.54, 1.807) is 25.1 Å². The van der Waals surface area contributed by atoms with Crippen molar-refractivity contribution in [3.05, 3.63) is 70.0 Å². The molecule has 1 aliphatic rings. The molecule has 1 saturated heterocycles. The molecular weight excluding hydrogens is 327 g/mol. The van der Waals surface area contributed by atoms with Crippen molar-refractivity contribution in [1.29, 1.82) is 0 Å². The molecular formula is C19H20ClFN2O. The summed E-state index contributed by atoms with van der Waals surface area (Å²) in [5.74, 6) is -0.314. The van der Waals surface area contributed by atoms with Gasteiger partial charge in [-0.15, -0.1) is 0 Å². The van der Waals surface area contributed by atoms with E-state index in [1.165, 1.54) is 6.07 Å². The average Bonchev–Trinajstić information content (AvgIpc) is 3.11. The van der Waals surface area contributed by atoms with Gasteiger partial charge in [0, 0.05) is 11.6 Å². The molecule has 0 bridgehead atoms. The number of hydrogen-bond donors (Lipinski definition) is 2. The number of rotatable bonds is 4. The first-order chi connectivity index (χ1) is 11.6. The lowest BCUT2D eigenvalue weighted by Gasteiger charge is -2.23. The molecule has 1 fully saturated rings. The number of carbonyl (C=O) groups excluding carboxylic acids is 1. The summed E-state index contributed by atoms with van der Waals surface area (Å²) in [7, 11) is 0. The molecule has 3 rings (SSSR count). The van der Waals surface area contributed by atoms with E-state index in [1.807, 2.05) is 18.2 Å². The van der Waals surface area contributed by atoms with Crippen LogP contribution in [0.25, 0.3) is 0 Å². The SMILES string of the molecule is Cc1cc(C(NC(=O)C2CCNC2)c2ccccc2Cl)ccc1F. The maximum absolute atomic E-state index is 13.6. The average molecular weight is 347 g/mol. The topological polar surface area (TPSA) is 41.1 Å². The van der Waals surface area contributed by atoms with Crippen molar-refractivity contribution in [2.24, 2.45) is 5.92 Å². The lowest BCUT2D eigenvalue weighted by atomic mass is 9.96. The number of amides is 1. The van der Waals surface area contributed by atoms with Gasteiger partial charge >= 0.3 is 0 Å². The van der Waals surface area contributed by atoms with Gasteiger partial charge in [-0.3, -0.25) is 4.79 Å². The molecule has 5 heteroatoms. The summed E-state index contributed by atoms with van der Waals surface area (Å²) >= 11 is 6.35. The van der Waals surface area contributed by atoms with Gasteiger partial charge in [-0.05, 0) is 48.7 Å². The molecule has 0 saturated carbocycles. The predicted octanol–water partition coefficient (Wildman–Crippen LogP) is 3.60. The normalized spacial score (nSPS) is 18.4. The summed E-state index contributed by atoms with van der Waals surface area (Å²) in [4.78, 5) is 12.6. The molecule has 1 aliphatic heterocycles. The zero-order valence-electron chi connectivity index (χ0n) is 13.5. The van der Waals surface area contributed by atoms with Crippen LogP contribution in [-0.4, -0.2) is 19.0 Å². The van der Waals surface area contributed by atoms with E-state index < -0.39 is 6.04 Å². The zero-order chi connectivity index (χ0) is 17.1. The smallest absolute Gasteiger partial charge is 0.225 e. The second-order valence-electron chi connectivity index (χ2n) is 6.16. The van der Waals surface area contributed by atoms with Crippen molar-refractivity contribution < 1.29 is 9.18 Å². The quantitative estimate of drug-likeness (QED) is 0.888. The van der Waals surface area contributed by atoms with E-state index in [2.05, 4.69) is 10.6 Å². The van der Waals surface area contributed by atoms with Crippen LogP contribution >= 0.6 is 11.6 Å². The number of benzene rings is 2. The Morgan fingerprint density at radius 1 is 1.33 bits per heavy atom.